The van der Waals surface area contributed by atoms with E-state index in [1.807, 2.05) is 48.5 Å². The molecule has 0 spiro atoms. The summed E-state index contributed by atoms with van der Waals surface area (Å²) in [5.41, 5.74) is 2.82. The first-order chi connectivity index (χ1) is 16.8. The van der Waals surface area contributed by atoms with Gasteiger partial charge in [-0.25, -0.2) is 18.4 Å². The lowest BCUT2D eigenvalue weighted by Crippen LogP contribution is -2.31. The van der Waals surface area contributed by atoms with Gasteiger partial charge in [-0.2, -0.15) is 0 Å². The molecule has 1 amide bonds. The van der Waals surface area contributed by atoms with Crippen molar-refractivity contribution in [3.8, 4) is 11.1 Å². The molecule has 0 fully saturated rings. The molecule has 0 heterocycles. The van der Waals surface area contributed by atoms with Crippen molar-refractivity contribution in [2.24, 2.45) is 0 Å². The van der Waals surface area contributed by atoms with E-state index in [0.717, 1.165) is 22.3 Å². The number of amides is 1. The molecule has 0 radical (unpaired) electrons. The Bertz CT molecular complexity index is 1200. The van der Waals surface area contributed by atoms with E-state index in [9.17, 15) is 28.6 Å². The maximum Gasteiger partial charge on any atom is 0.407 e. The van der Waals surface area contributed by atoms with Crippen LogP contribution < -0.4 is 5.32 Å². The summed E-state index contributed by atoms with van der Waals surface area (Å²) < 4.78 is 33.6. The molecule has 4 rings (SSSR count). The van der Waals surface area contributed by atoms with Crippen molar-refractivity contribution in [2.45, 2.75) is 24.5 Å². The van der Waals surface area contributed by atoms with Crippen LogP contribution in [-0.4, -0.2) is 46.6 Å². The predicted octanol–water partition coefficient (Wildman–Crippen LogP) is 3.99. The predicted molar refractivity (Wildman–Crippen MR) is 122 cm³/mol. The zero-order valence-electron chi connectivity index (χ0n) is 18.4. The molecular formula is C26H23F2NO6. The highest BCUT2D eigenvalue weighted by atomic mass is 19.1. The molecule has 182 valence electrons. The van der Waals surface area contributed by atoms with E-state index < -0.39 is 47.0 Å². The van der Waals surface area contributed by atoms with E-state index in [4.69, 9.17) is 9.84 Å². The lowest BCUT2D eigenvalue weighted by Gasteiger charge is -2.20. The number of benzene rings is 3. The Kier molecular flexibility index (Phi) is 7.09. The summed E-state index contributed by atoms with van der Waals surface area (Å²) in [5, 5.41) is 31.6. The molecule has 0 saturated carbocycles. The molecule has 4 N–H and O–H groups in total. The number of halogens is 2. The largest absolute Gasteiger partial charge is 0.478 e. The molecule has 9 heteroatoms. The molecule has 0 aliphatic heterocycles. The molecular weight excluding hydrogens is 460 g/mol. The number of nitrogens with one attached hydrogen (secondary N) is 1. The molecule has 2 unspecified atom stereocenters. The summed E-state index contributed by atoms with van der Waals surface area (Å²) >= 11 is 0. The SMILES string of the molecule is O=C(NCCC(O)C(O)c1c(F)cc(C(=O)O)cc1F)OCC1c2ccccc2-c2ccccc21. The fourth-order valence-corrected chi connectivity index (χ4v) is 4.31. The van der Waals surface area contributed by atoms with Crippen LogP contribution in [0.2, 0.25) is 0 Å². The quantitative estimate of drug-likeness (QED) is 0.385. The van der Waals surface area contributed by atoms with Crippen LogP contribution >= 0.6 is 0 Å². The van der Waals surface area contributed by atoms with E-state index in [0.29, 0.717) is 12.1 Å². The van der Waals surface area contributed by atoms with Gasteiger partial charge >= 0.3 is 12.1 Å². The highest BCUT2D eigenvalue weighted by Crippen LogP contribution is 2.44. The van der Waals surface area contributed by atoms with Crippen molar-refractivity contribution >= 4 is 12.1 Å². The van der Waals surface area contributed by atoms with Crippen LogP contribution in [-0.2, 0) is 4.74 Å². The lowest BCUT2D eigenvalue weighted by molar-refractivity contribution is 0.00944. The van der Waals surface area contributed by atoms with Crippen molar-refractivity contribution in [3.63, 3.8) is 0 Å². The van der Waals surface area contributed by atoms with E-state index >= 15 is 0 Å². The number of aliphatic hydroxyl groups is 2. The van der Waals surface area contributed by atoms with Gasteiger partial charge in [0.2, 0.25) is 0 Å². The molecule has 3 aromatic rings. The normalized spacial score (nSPS) is 14.1. The smallest absolute Gasteiger partial charge is 0.407 e. The minimum Gasteiger partial charge on any atom is -0.478 e. The Morgan fingerprint density at radius 3 is 2.03 bits per heavy atom. The van der Waals surface area contributed by atoms with Crippen LogP contribution in [0.3, 0.4) is 0 Å². The number of carboxylic acid groups (broad SMARTS) is 1. The van der Waals surface area contributed by atoms with Gasteiger partial charge in [0, 0.05) is 12.5 Å². The number of carbonyl (C=O) groups excluding carboxylic acids is 1. The van der Waals surface area contributed by atoms with Gasteiger partial charge in [0.15, 0.2) is 0 Å². The number of ether oxygens (including phenoxy) is 1. The number of hydrogen-bond acceptors (Lipinski definition) is 5. The Balaban J connectivity index is 1.31. The molecule has 0 aromatic heterocycles. The number of carboxylic acids is 1. The van der Waals surface area contributed by atoms with Crippen molar-refractivity contribution < 1.29 is 38.4 Å². The van der Waals surface area contributed by atoms with E-state index in [1.165, 1.54) is 0 Å². The first-order valence-electron chi connectivity index (χ1n) is 10.9. The molecule has 3 aromatic carbocycles. The second-order valence-corrected chi connectivity index (χ2v) is 8.21. The standard InChI is InChI=1S/C26H23F2NO6/c27-20-11-14(25(32)33)12-21(28)23(20)24(31)22(30)9-10-29-26(34)35-13-19-17-7-3-1-5-15(17)16-6-2-4-8-18(16)19/h1-8,11-12,19,22,24,30-31H,9-10,13H2,(H,29,34)(H,32,33). The van der Waals surface area contributed by atoms with Gasteiger partial charge < -0.3 is 25.4 Å². The van der Waals surface area contributed by atoms with Gasteiger partial charge in [-0.1, -0.05) is 48.5 Å². The monoisotopic (exact) mass is 483 g/mol. The molecule has 2 atom stereocenters. The summed E-state index contributed by atoms with van der Waals surface area (Å²) in [5.74, 6) is -4.24. The highest BCUT2D eigenvalue weighted by molar-refractivity contribution is 5.87. The number of aromatic carboxylic acids is 1. The summed E-state index contributed by atoms with van der Waals surface area (Å²) in [7, 11) is 0. The molecule has 1 aliphatic carbocycles. The number of alkyl carbamates (subject to hydrolysis) is 1. The van der Waals surface area contributed by atoms with Gasteiger partial charge in [-0.3, -0.25) is 0 Å². The summed E-state index contributed by atoms with van der Waals surface area (Å²) in [4.78, 5) is 23.1. The molecule has 0 bridgehead atoms. The average Bonchev–Trinajstić information content (AvgIpc) is 3.15. The van der Waals surface area contributed by atoms with Crippen molar-refractivity contribution in [1.82, 2.24) is 5.32 Å². The third kappa shape index (κ3) is 5.01. The van der Waals surface area contributed by atoms with Gasteiger partial charge in [-0.05, 0) is 40.8 Å². The molecule has 1 aliphatic rings. The van der Waals surface area contributed by atoms with Crippen LogP contribution in [0.4, 0.5) is 13.6 Å². The number of fused-ring (bicyclic) bond motifs is 3. The zero-order chi connectivity index (χ0) is 25.1. The maximum absolute atomic E-state index is 14.1. The zero-order valence-corrected chi connectivity index (χ0v) is 18.4. The summed E-state index contributed by atoms with van der Waals surface area (Å²) in [6.45, 7) is -0.0390. The summed E-state index contributed by atoms with van der Waals surface area (Å²) in [6.07, 6.45) is -4.55. The number of carbonyl (C=O) groups is 2. The van der Waals surface area contributed by atoms with Crippen LogP contribution in [0.25, 0.3) is 11.1 Å². The van der Waals surface area contributed by atoms with E-state index in [-0.39, 0.29) is 25.5 Å². The second-order valence-electron chi connectivity index (χ2n) is 8.21. The minimum atomic E-state index is -1.96. The fraction of sp³-hybridized carbons (Fsp3) is 0.231. The van der Waals surface area contributed by atoms with Crippen LogP contribution in [0, 0.1) is 11.6 Å². The average molecular weight is 483 g/mol. The van der Waals surface area contributed by atoms with Crippen molar-refractivity contribution in [1.29, 1.82) is 0 Å². The summed E-state index contributed by atoms with van der Waals surface area (Å²) in [6, 6.07) is 16.9. The molecule has 7 nitrogen and oxygen atoms in total. The third-order valence-corrected chi connectivity index (χ3v) is 6.04. The first-order valence-corrected chi connectivity index (χ1v) is 10.9. The van der Waals surface area contributed by atoms with Gasteiger partial charge in [-0.15, -0.1) is 0 Å². The van der Waals surface area contributed by atoms with Crippen LogP contribution in [0.5, 0.6) is 0 Å². The number of hydrogen-bond donors (Lipinski definition) is 4. The third-order valence-electron chi connectivity index (χ3n) is 6.04. The van der Waals surface area contributed by atoms with Gasteiger partial charge in [0.1, 0.15) is 24.3 Å². The number of rotatable bonds is 8. The minimum absolute atomic E-state index is 0.0946. The van der Waals surface area contributed by atoms with Gasteiger partial charge in [0.05, 0.1) is 17.2 Å². The van der Waals surface area contributed by atoms with Gasteiger partial charge in [0.25, 0.3) is 0 Å². The Hall–Kier alpha value is -3.82. The Labute approximate surface area is 199 Å². The van der Waals surface area contributed by atoms with E-state index in [1.54, 1.807) is 0 Å². The number of aliphatic hydroxyl groups excluding tert-OH is 2. The lowest BCUT2D eigenvalue weighted by atomic mass is 9.98. The molecule has 0 saturated heterocycles. The Morgan fingerprint density at radius 2 is 1.49 bits per heavy atom. The van der Waals surface area contributed by atoms with Crippen molar-refractivity contribution in [3.05, 3.63) is 94.6 Å². The first kappa shape index (κ1) is 24.3. The molecule has 35 heavy (non-hydrogen) atoms. The van der Waals surface area contributed by atoms with Crippen LogP contribution in [0.1, 0.15) is 45.5 Å². The van der Waals surface area contributed by atoms with Crippen LogP contribution in [0.15, 0.2) is 60.7 Å². The van der Waals surface area contributed by atoms with Crippen molar-refractivity contribution in [2.75, 3.05) is 13.2 Å². The maximum atomic E-state index is 14.1. The second kappa shape index (κ2) is 10.2. The fourth-order valence-electron chi connectivity index (χ4n) is 4.31. The topological polar surface area (TPSA) is 116 Å². The van der Waals surface area contributed by atoms with E-state index in [2.05, 4.69) is 5.32 Å². The highest BCUT2D eigenvalue weighted by Gasteiger charge is 2.29. The Morgan fingerprint density at radius 1 is 0.943 bits per heavy atom.